The summed E-state index contributed by atoms with van der Waals surface area (Å²) in [6.45, 7) is 1.92. The highest BCUT2D eigenvalue weighted by atomic mass is 16.5. The van der Waals surface area contributed by atoms with Gasteiger partial charge in [-0.15, -0.1) is 0 Å². The Morgan fingerprint density at radius 2 is 2.00 bits per heavy atom. The van der Waals surface area contributed by atoms with Gasteiger partial charge in [0.25, 0.3) is 0 Å². The second kappa shape index (κ2) is 5.07. The van der Waals surface area contributed by atoms with Crippen molar-refractivity contribution >= 4 is 5.97 Å². The average Bonchev–Trinajstić information content (AvgIpc) is 2.84. The molecule has 4 nitrogen and oxygen atoms in total. The first kappa shape index (κ1) is 11.1. The number of likely N-dealkylation sites (tertiary alicyclic amines) is 1. The first-order chi connectivity index (χ1) is 7.83. The van der Waals surface area contributed by atoms with Crippen molar-refractivity contribution in [3.05, 3.63) is 30.1 Å². The fraction of sp³-hybridized carbons (Fsp3) is 0.500. The Balaban J connectivity index is 2.24. The molecule has 4 heteroatoms. The van der Waals surface area contributed by atoms with Crippen LogP contribution in [0.2, 0.25) is 0 Å². The molecule has 0 N–H and O–H groups in total. The molecule has 0 radical (unpaired) electrons. The lowest BCUT2D eigenvalue weighted by atomic mass is 10.1. The molecular weight excluding hydrogens is 204 g/mol. The van der Waals surface area contributed by atoms with E-state index >= 15 is 0 Å². The molecule has 1 fully saturated rings. The highest BCUT2D eigenvalue weighted by Gasteiger charge is 2.30. The van der Waals surface area contributed by atoms with Gasteiger partial charge in [0.15, 0.2) is 0 Å². The predicted molar refractivity (Wildman–Crippen MR) is 59.8 cm³/mol. The van der Waals surface area contributed by atoms with Crippen LogP contribution in [0.15, 0.2) is 24.5 Å². The summed E-state index contributed by atoms with van der Waals surface area (Å²) in [5.41, 5.74) is 0.962. The zero-order valence-corrected chi connectivity index (χ0v) is 9.43. The van der Waals surface area contributed by atoms with Crippen LogP contribution in [-0.2, 0) is 9.53 Å². The number of carbonyl (C=O) groups excluding carboxylic acids is 1. The van der Waals surface area contributed by atoms with Crippen LogP contribution in [0.5, 0.6) is 0 Å². The zero-order valence-electron chi connectivity index (χ0n) is 9.43. The number of rotatable bonds is 3. The Labute approximate surface area is 95.2 Å². The fourth-order valence-electron chi connectivity index (χ4n) is 2.15. The van der Waals surface area contributed by atoms with Gasteiger partial charge in [0.2, 0.25) is 0 Å². The van der Waals surface area contributed by atoms with E-state index in [0.717, 1.165) is 31.5 Å². The fourth-order valence-corrected chi connectivity index (χ4v) is 2.15. The molecule has 0 saturated carbocycles. The van der Waals surface area contributed by atoms with Gasteiger partial charge in [-0.3, -0.25) is 9.88 Å². The van der Waals surface area contributed by atoms with Crippen LogP contribution in [0.3, 0.4) is 0 Å². The monoisotopic (exact) mass is 220 g/mol. The van der Waals surface area contributed by atoms with Crippen LogP contribution in [0.1, 0.15) is 24.4 Å². The third kappa shape index (κ3) is 2.22. The Morgan fingerprint density at radius 1 is 1.38 bits per heavy atom. The quantitative estimate of drug-likeness (QED) is 0.722. The van der Waals surface area contributed by atoms with Gasteiger partial charge in [0.1, 0.15) is 6.04 Å². The van der Waals surface area contributed by atoms with E-state index in [0.29, 0.717) is 0 Å². The average molecular weight is 220 g/mol. The molecule has 86 valence electrons. The molecule has 1 unspecified atom stereocenters. The van der Waals surface area contributed by atoms with E-state index in [4.69, 9.17) is 4.74 Å². The lowest BCUT2D eigenvalue weighted by Crippen LogP contribution is -2.32. The number of nitrogens with zero attached hydrogens (tertiary/aromatic N) is 2. The molecule has 0 aliphatic carbocycles. The van der Waals surface area contributed by atoms with Gasteiger partial charge in [-0.25, -0.2) is 4.79 Å². The van der Waals surface area contributed by atoms with Gasteiger partial charge in [0.05, 0.1) is 7.11 Å². The molecule has 1 aliphatic rings. The summed E-state index contributed by atoms with van der Waals surface area (Å²) >= 11 is 0. The summed E-state index contributed by atoms with van der Waals surface area (Å²) in [5, 5.41) is 0. The van der Waals surface area contributed by atoms with Gasteiger partial charge in [-0.05, 0) is 43.6 Å². The molecule has 1 atom stereocenters. The number of esters is 1. The second-order valence-corrected chi connectivity index (χ2v) is 3.95. The summed E-state index contributed by atoms with van der Waals surface area (Å²) in [6, 6.07) is 3.48. The number of pyridine rings is 1. The van der Waals surface area contributed by atoms with Crippen molar-refractivity contribution in [2.75, 3.05) is 20.2 Å². The number of methoxy groups -OCH3 is 1. The van der Waals surface area contributed by atoms with Crippen LogP contribution >= 0.6 is 0 Å². The van der Waals surface area contributed by atoms with E-state index in [1.807, 2.05) is 12.1 Å². The molecule has 0 bridgehead atoms. The minimum absolute atomic E-state index is 0.187. The van der Waals surface area contributed by atoms with Crippen LogP contribution in [0.25, 0.3) is 0 Å². The van der Waals surface area contributed by atoms with E-state index in [1.165, 1.54) is 7.11 Å². The van der Waals surface area contributed by atoms with E-state index in [-0.39, 0.29) is 12.0 Å². The SMILES string of the molecule is COC(=O)C(c1ccncc1)N1CCCC1. The van der Waals surface area contributed by atoms with Crippen LogP contribution in [0, 0.1) is 0 Å². The van der Waals surface area contributed by atoms with Gasteiger partial charge in [-0.1, -0.05) is 0 Å². The van der Waals surface area contributed by atoms with E-state index in [1.54, 1.807) is 12.4 Å². The van der Waals surface area contributed by atoms with Crippen molar-refractivity contribution in [3.63, 3.8) is 0 Å². The third-order valence-corrected chi connectivity index (χ3v) is 2.95. The highest BCUT2D eigenvalue weighted by molar-refractivity contribution is 5.77. The standard InChI is InChI=1S/C12H16N2O2/c1-16-12(15)11(14-8-2-3-9-14)10-4-6-13-7-5-10/h4-7,11H,2-3,8-9H2,1H3. The predicted octanol–water partition coefficient (Wildman–Crippen LogP) is 1.39. The molecule has 0 spiro atoms. The summed E-state index contributed by atoms with van der Waals surface area (Å²) < 4.78 is 4.88. The Bertz CT molecular complexity index is 347. The number of hydrogen-bond acceptors (Lipinski definition) is 4. The smallest absolute Gasteiger partial charge is 0.327 e. The molecule has 2 rings (SSSR count). The molecule has 0 aromatic carbocycles. The van der Waals surface area contributed by atoms with Crippen molar-refractivity contribution in [1.82, 2.24) is 9.88 Å². The molecular formula is C12H16N2O2. The van der Waals surface area contributed by atoms with Gasteiger partial charge in [-0.2, -0.15) is 0 Å². The van der Waals surface area contributed by atoms with E-state index in [9.17, 15) is 4.79 Å². The summed E-state index contributed by atoms with van der Waals surface area (Å²) in [6.07, 6.45) is 5.72. The minimum atomic E-state index is -0.268. The van der Waals surface area contributed by atoms with Crippen molar-refractivity contribution in [2.24, 2.45) is 0 Å². The summed E-state index contributed by atoms with van der Waals surface area (Å²) in [7, 11) is 1.44. The number of carbonyl (C=O) groups is 1. The third-order valence-electron chi connectivity index (χ3n) is 2.95. The number of hydrogen-bond donors (Lipinski definition) is 0. The summed E-state index contributed by atoms with van der Waals surface area (Å²) in [4.78, 5) is 18.0. The van der Waals surface area contributed by atoms with Crippen molar-refractivity contribution < 1.29 is 9.53 Å². The van der Waals surface area contributed by atoms with Crippen LogP contribution in [-0.4, -0.2) is 36.1 Å². The maximum absolute atomic E-state index is 11.8. The highest BCUT2D eigenvalue weighted by Crippen LogP contribution is 2.25. The zero-order chi connectivity index (χ0) is 11.4. The van der Waals surface area contributed by atoms with Crippen molar-refractivity contribution in [1.29, 1.82) is 0 Å². The molecule has 1 aromatic heterocycles. The number of ether oxygens (including phenoxy) is 1. The maximum Gasteiger partial charge on any atom is 0.327 e. The van der Waals surface area contributed by atoms with Crippen molar-refractivity contribution in [3.8, 4) is 0 Å². The Morgan fingerprint density at radius 3 is 2.56 bits per heavy atom. The second-order valence-electron chi connectivity index (χ2n) is 3.95. The lowest BCUT2D eigenvalue weighted by Gasteiger charge is -2.25. The first-order valence-corrected chi connectivity index (χ1v) is 5.54. The molecule has 2 heterocycles. The van der Waals surface area contributed by atoms with E-state index in [2.05, 4.69) is 9.88 Å². The topological polar surface area (TPSA) is 42.4 Å². The minimum Gasteiger partial charge on any atom is -0.468 e. The van der Waals surface area contributed by atoms with Gasteiger partial charge < -0.3 is 4.74 Å². The Kier molecular flexibility index (Phi) is 3.51. The van der Waals surface area contributed by atoms with Gasteiger partial charge >= 0.3 is 5.97 Å². The molecule has 16 heavy (non-hydrogen) atoms. The molecule has 1 aromatic rings. The molecule has 1 aliphatic heterocycles. The molecule has 0 amide bonds. The first-order valence-electron chi connectivity index (χ1n) is 5.54. The Hall–Kier alpha value is -1.42. The van der Waals surface area contributed by atoms with E-state index < -0.39 is 0 Å². The maximum atomic E-state index is 11.8. The largest absolute Gasteiger partial charge is 0.468 e. The van der Waals surface area contributed by atoms with Gasteiger partial charge in [0, 0.05) is 12.4 Å². The van der Waals surface area contributed by atoms with Crippen LogP contribution < -0.4 is 0 Å². The number of aromatic nitrogens is 1. The summed E-state index contributed by atoms with van der Waals surface area (Å²) in [5.74, 6) is -0.187. The normalized spacial score (nSPS) is 18.3. The lowest BCUT2D eigenvalue weighted by molar-refractivity contribution is -0.146. The van der Waals surface area contributed by atoms with Crippen LogP contribution in [0.4, 0.5) is 0 Å². The van der Waals surface area contributed by atoms with Crippen molar-refractivity contribution in [2.45, 2.75) is 18.9 Å². The molecule has 1 saturated heterocycles.